The van der Waals surface area contributed by atoms with E-state index in [9.17, 15) is 0 Å². The van der Waals surface area contributed by atoms with Gasteiger partial charge in [0.1, 0.15) is 5.75 Å². The molecule has 0 heterocycles. The first kappa shape index (κ1) is 23.0. The van der Waals surface area contributed by atoms with Crippen LogP contribution in [0.15, 0.2) is 29.3 Å². The maximum absolute atomic E-state index is 5.33. The normalized spacial score (nSPS) is 10.9. The molecule has 0 aromatic heterocycles. The summed E-state index contributed by atoms with van der Waals surface area (Å²) in [5.41, 5.74) is 1.25. The van der Waals surface area contributed by atoms with E-state index < -0.39 is 0 Å². The van der Waals surface area contributed by atoms with Gasteiger partial charge >= 0.3 is 0 Å². The number of ether oxygens (including phenoxy) is 2. The molecule has 0 unspecified atom stereocenters. The van der Waals surface area contributed by atoms with Crippen molar-refractivity contribution in [3.63, 3.8) is 0 Å². The Morgan fingerprint density at radius 2 is 2.00 bits per heavy atom. The van der Waals surface area contributed by atoms with E-state index in [1.807, 2.05) is 19.1 Å². The highest BCUT2D eigenvalue weighted by Gasteiger charge is 1.99. The number of unbranched alkanes of at least 4 members (excludes halogenated alkanes) is 1. The molecule has 138 valence electrons. The molecule has 0 aliphatic carbocycles. The van der Waals surface area contributed by atoms with Crippen molar-refractivity contribution in [3.8, 4) is 5.75 Å². The van der Waals surface area contributed by atoms with Crippen LogP contribution in [0.4, 0.5) is 0 Å². The molecule has 0 saturated heterocycles. The van der Waals surface area contributed by atoms with Crippen LogP contribution in [0.3, 0.4) is 0 Å². The van der Waals surface area contributed by atoms with Crippen molar-refractivity contribution in [1.82, 2.24) is 10.6 Å². The zero-order valence-corrected chi connectivity index (χ0v) is 17.5. The monoisotopic (exact) mass is 449 g/mol. The Morgan fingerprint density at radius 3 is 2.71 bits per heavy atom. The first-order valence-electron chi connectivity index (χ1n) is 8.53. The summed E-state index contributed by atoms with van der Waals surface area (Å²) in [6.07, 6.45) is 3.04. The summed E-state index contributed by atoms with van der Waals surface area (Å²) in [6, 6.07) is 8.16. The van der Waals surface area contributed by atoms with Gasteiger partial charge in [0.05, 0.1) is 7.11 Å². The zero-order valence-electron chi connectivity index (χ0n) is 15.1. The molecule has 0 spiro atoms. The van der Waals surface area contributed by atoms with Crippen LogP contribution in [0.5, 0.6) is 5.75 Å². The lowest BCUT2D eigenvalue weighted by atomic mass is 10.1. The van der Waals surface area contributed by atoms with Crippen LogP contribution in [-0.4, -0.2) is 45.9 Å². The average molecular weight is 449 g/mol. The predicted octanol–water partition coefficient (Wildman–Crippen LogP) is 3.23. The second kappa shape index (κ2) is 15.5. The number of rotatable bonds is 11. The van der Waals surface area contributed by atoms with Gasteiger partial charge in [-0.05, 0) is 50.8 Å². The summed E-state index contributed by atoms with van der Waals surface area (Å²) in [4.78, 5) is 4.59. The predicted molar refractivity (Wildman–Crippen MR) is 112 cm³/mol. The lowest BCUT2D eigenvalue weighted by Gasteiger charge is -2.11. The third-order valence-corrected chi connectivity index (χ3v) is 3.36. The summed E-state index contributed by atoms with van der Waals surface area (Å²) < 4.78 is 10.6. The molecule has 0 atom stereocenters. The molecule has 0 fully saturated rings. The number of methoxy groups -OCH3 is 1. The van der Waals surface area contributed by atoms with Crippen LogP contribution in [0, 0.1) is 0 Å². The maximum atomic E-state index is 5.33. The van der Waals surface area contributed by atoms with Crippen molar-refractivity contribution in [3.05, 3.63) is 29.8 Å². The lowest BCUT2D eigenvalue weighted by molar-refractivity contribution is 0.144. The summed E-state index contributed by atoms with van der Waals surface area (Å²) in [5, 5.41) is 6.65. The first-order valence-corrected chi connectivity index (χ1v) is 8.53. The second-order valence-corrected chi connectivity index (χ2v) is 5.19. The Kier molecular flexibility index (Phi) is 14.8. The molecule has 1 aromatic rings. The minimum Gasteiger partial charge on any atom is -0.497 e. The Bertz CT molecular complexity index is 456. The highest BCUT2D eigenvalue weighted by Crippen LogP contribution is 2.12. The molecule has 6 heteroatoms. The fourth-order valence-electron chi connectivity index (χ4n) is 2.15. The molecule has 1 aromatic carbocycles. The average Bonchev–Trinajstić information content (AvgIpc) is 2.58. The summed E-state index contributed by atoms with van der Waals surface area (Å²) >= 11 is 0. The van der Waals surface area contributed by atoms with Crippen molar-refractivity contribution < 1.29 is 9.47 Å². The van der Waals surface area contributed by atoms with Crippen molar-refractivity contribution in [2.45, 2.75) is 33.1 Å². The number of halogens is 1. The number of nitrogens with one attached hydrogen (secondary N) is 2. The number of guanidine groups is 1. The Labute approximate surface area is 163 Å². The quantitative estimate of drug-likeness (QED) is 0.236. The summed E-state index contributed by atoms with van der Waals surface area (Å²) in [7, 11) is 1.69. The highest BCUT2D eigenvalue weighted by atomic mass is 127. The number of aliphatic imine (C=N–C) groups is 1. The molecular weight excluding hydrogens is 417 g/mol. The van der Waals surface area contributed by atoms with E-state index in [0.717, 1.165) is 63.8 Å². The van der Waals surface area contributed by atoms with Crippen molar-refractivity contribution in [1.29, 1.82) is 0 Å². The van der Waals surface area contributed by atoms with E-state index in [4.69, 9.17) is 9.47 Å². The molecular formula is C18H32IN3O2. The summed E-state index contributed by atoms with van der Waals surface area (Å²) in [6.45, 7) is 8.25. The standard InChI is InChI=1S/C18H31N3O2.HI/c1-4-19-18(20-12-6-7-14-23-5-2)21-13-11-16-9-8-10-17(15-16)22-3;/h8-10,15H,4-7,11-14H2,1-3H3,(H2,19,20,21);1H. The van der Waals surface area contributed by atoms with Crippen molar-refractivity contribution in [2.24, 2.45) is 4.99 Å². The minimum atomic E-state index is 0. The Hall–Kier alpha value is -1.02. The maximum Gasteiger partial charge on any atom is 0.191 e. The highest BCUT2D eigenvalue weighted by molar-refractivity contribution is 14.0. The third kappa shape index (κ3) is 10.7. The number of nitrogens with zero attached hydrogens (tertiary/aromatic N) is 1. The molecule has 0 bridgehead atoms. The van der Waals surface area contributed by atoms with E-state index in [1.165, 1.54) is 5.56 Å². The van der Waals surface area contributed by atoms with Gasteiger partial charge in [-0.1, -0.05) is 12.1 Å². The van der Waals surface area contributed by atoms with E-state index in [-0.39, 0.29) is 24.0 Å². The fourth-order valence-corrected chi connectivity index (χ4v) is 2.15. The van der Waals surface area contributed by atoms with Crippen molar-refractivity contribution in [2.75, 3.05) is 40.0 Å². The molecule has 0 amide bonds. The van der Waals surface area contributed by atoms with Gasteiger partial charge in [-0.15, -0.1) is 24.0 Å². The molecule has 5 nitrogen and oxygen atoms in total. The molecule has 0 aliphatic heterocycles. The van der Waals surface area contributed by atoms with Gasteiger partial charge in [-0.25, -0.2) is 0 Å². The number of hydrogen-bond acceptors (Lipinski definition) is 3. The van der Waals surface area contributed by atoms with E-state index in [1.54, 1.807) is 7.11 Å². The van der Waals surface area contributed by atoms with Gasteiger partial charge in [0.25, 0.3) is 0 Å². The van der Waals surface area contributed by atoms with Crippen LogP contribution < -0.4 is 15.4 Å². The smallest absolute Gasteiger partial charge is 0.191 e. The molecule has 0 saturated carbocycles. The van der Waals surface area contributed by atoms with E-state index in [2.05, 4.69) is 34.7 Å². The van der Waals surface area contributed by atoms with Crippen LogP contribution in [0.25, 0.3) is 0 Å². The van der Waals surface area contributed by atoms with Crippen LogP contribution in [-0.2, 0) is 11.2 Å². The number of hydrogen-bond donors (Lipinski definition) is 2. The minimum absolute atomic E-state index is 0. The molecule has 2 N–H and O–H groups in total. The van der Waals surface area contributed by atoms with Crippen LogP contribution >= 0.6 is 24.0 Å². The molecule has 0 aliphatic rings. The topological polar surface area (TPSA) is 54.9 Å². The van der Waals surface area contributed by atoms with Gasteiger partial charge < -0.3 is 20.1 Å². The molecule has 1 rings (SSSR count). The van der Waals surface area contributed by atoms with Crippen LogP contribution in [0.1, 0.15) is 32.3 Å². The van der Waals surface area contributed by atoms with Crippen molar-refractivity contribution >= 4 is 29.9 Å². The third-order valence-electron chi connectivity index (χ3n) is 3.36. The van der Waals surface area contributed by atoms with Gasteiger partial charge in [0, 0.05) is 32.8 Å². The van der Waals surface area contributed by atoms with Crippen LogP contribution in [0.2, 0.25) is 0 Å². The molecule has 0 radical (unpaired) electrons. The van der Waals surface area contributed by atoms with Gasteiger partial charge in [0.2, 0.25) is 0 Å². The van der Waals surface area contributed by atoms with E-state index >= 15 is 0 Å². The van der Waals surface area contributed by atoms with Gasteiger partial charge in [-0.3, -0.25) is 4.99 Å². The Balaban J connectivity index is 0.00000529. The number of benzene rings is 1. The Morgan fingerprint density at radius 1 is 1.17 bits per heavy atom. The first-order chi connectivity index (χ1) is 11.3. The largest absolute Gasteiger partial charge is 0.497 e. The molecule has 24 heavy (non-hydrogen) atoms. The zero-order chi connectivity index (χ0) is 16.8. The van der Waals surface area contributed by atoms with Gasteiger partial charge in [-0.2, -0.15) is 0 Å². The second-order valence-electron chi connectivity index (χ2n) is 5.19. The van der Waals surface area contributed by atoms with E-state index in [0.29, 0.717) is 0 Å². The fraction of sp³-hybridized carbons (Fsp3) is 0.611. The SMILES string of the molecule is CCNC(=NCCCCOCC)NCCc1cccc(OC)c1.I. The summed E-state index contributed by atoms with van der Waals surface area (Å²) in [5.74, 6) is 1.78. The van der Waals surface area contributed by atoms with Gasteiger partial charge in [0.15, 0.2) is 5.96 Å². The lowest BCUT2D eigenvalue weighted by Crippen LogP contribution is -2.38.